The molecule has 1 N–H and O–H groups in total. The van der Waals surface area contributed by atoms with Crippen LogP contribution in [0, 0.1) is 0 Å². The molecular formula is C36H38F5N5O7S. The maximum Gasteiger partial charge on any atom is 0.417 e. The number of halogens is 5. The number of nitrogens with zero attached hydrogens (tertiary/aromatic N) is 4. The zero-order valence-corrected chi connectivity index (χ0v) is 30.6. The highest BCUT2D eigenvalue weighted by Crippen LogP contribution is 2.36. The lowest BCUT2D eigenvalue weighted by atomic mass is 10.1. The van der Waals surface area contributed by atoms with Gasteiger partial charge < -0.3 is 29.2 Å². The average Bonchev–Trinajstić information content (AvgIpc) is 3.34. The molecule has 1 fully saturated rings. The number of rotatable bonds is 13. The van der Waals surface area contributed by atoms with Crippen LogP contribution in [-0.4, -0.2) is 76.0 Å². The molecule has 4 aromatic rings. The van der Waals surface area contributed by atoms with Gasteiger partial charge in [0, 0.05) is 86.4 Å². The number of hydrogen-bond acceptors (Lipinski definition) is 10. The summed E-state index contributed by atoms with van der Waals surface area (Å²) in [6, 6.07) is 12.7. The van der Waals surface area contributed by atoms with Crippen molar-refractivity contribution >= 4 is 27.4 Å². The Bertz CT molecular complexity index is 2030. The first-order valence-electron chi connectivity index (χ1n) is 16.5. The van der Waals surface area contributed by atoms with Crippen LogP contribution in [0.4, 0.5) is 33.5 Å². The number of alkyl halides is 5. The van der Waals surface area contributed by atoms with Crippen LogP contribution < -0.4 is 29.2 Å². The Hall–Kier alpha value is -5.23. The van der Waals surface area contributed by atoms with E-state index in [0.717, 1.165) is 16.6 Å². The SMILES string of the molecule is COc1ccc(CN(Cc2ccc(OC)cc2OC)S(=O)(=O)c2cc(NC(=O)c3cc(C(F)(F)F)cnc3N3CCCC(F)(F)CC3)ccn2)c(OC)c1. The molecule has 2 aromatic heterocycles. The number of amides is 1. The van der Waals surface area contributed by atoms with E-state index in [1.165, 1.54) is 39.4 Å². The van der Waals surface area contributed by atoms with Crippen molar-refractivity contribution in [1.82, 2.24) is 14.3 Å². The van der Waals surface area contributed by atoms with Gasteiger partial charge in [0.25, 0.3) is 15.9 Å². The Morgan fingerprint density at radius 1 is 0.852 bits per heavy atom. The first kappa shape index (κ1) is 40.0. The number of methoxy groups -OCH3 is 4. The van der Waals surface area contributed by atoms with E-state index >= 15 is 0 Å². The monoisotopic (exact) mass is 779 g/mol. The third-order valence-corrected chi connectivity index (χ3v) is 10.4. The lowest BCUT2D eigenvalue weighted by Gasteiger charge is -2.25. The minimum absolute atomic E-state index is 0.0175. The molecule has 1 aliphatic rings. The average molecular weight is 780 g/mol. The van der Waals surface area contributed by atoms with Crippen molar-refractivity contribution in [2.75, 3.05) is 51.7 Å². The van der Waals surface area contributed by atoms with Gasteiger partial charge in [-0.3, -0.25) is 4.79 Å². The lowest BCUT2D eigenvalue weighted by Crippen LogP contribution is -2.31. The molecule has 3 heterocycles. The highest BCUT2D eigenvalue weighted by molar-refractivity contribution is 7.89. The number of ether oxygens (including phenoxy) is 4. The number of anilines is 2. The number of hydrogen-bond donors (Lipinski definition) is 1. The lowest BCUT2D eigenvalue weighted by molar-refractivity contribution is -0.137. The summed E-state index contributed by atoms with van der Waals surface area (Å²) >= 11 is 0. The first-order valence-corrected chi connectivity index (χ1v) is 17.9. The number of carbonyl (C=O) groups excluding carboxylic acids is 1. The second-order valence-corrected chi connectivity index (χ2v) is 14.1. The third-order valence-electron chi connectivity index (χ3n) is 8.73. The van der Waals surface area contributed by atoms with Crippen LogP contribution in [0.5, 0.6) is 23.0 Å². The fourth-order valence-corrected chi connectivity index (χ4v) is 7.19. The van der Waals surface area contributed by atoms with E-state index < -0.39 is 57.0 Å². The van der Waals surface area contributed by atoms with Crippen molar-refractivity contribution < 1.29 is 54.1 Å². The number of aromatic nitrogens is 2. The Labute approximate surface area is 308 Å². The molecule has 0 aliphatic carbocycles. The fraction of sp³-hybridized carbons (Fsp3) is 0.361. The van der Waals surface area contributed by atoms with Gasteiger partial charge in [0.2, 0.25) is 5.92 Å². The Balaban J connectivity index is 1.51. The molecule has 18 heteroatoms. The molecule has 0 spiro atoms. The molecule has 2 aromatic carbocycles. The molecule has 0 radical (unpaired) electrons. The van der Waals surface area contributed by atoms with Crippen LogP contribution in [0.2, 0.25) is 0 Å². The van der Waals surface area contributed by atoms with E-state index in [4.69, 9.17) is 18.9 Å². The summed E-state index contributed by atoms with van der Waals surface area (Å²) < 4.78 is 121. The maximum absolute atomic E-state index is 14.4. The van der Waals surface area contributed by atoms with E-state index in [-0.39, 0.29) is 44.1 Å². The van der Waals surface area contributed by atoms with Gasteiger partial charge in [-0.15, -0.1) is 0 Å². The molecule has 1 saturated heterocycles. The van der Waals surface area contributed by atoms with Crippen molar-refractivity contribution in [1.29, 1.82) is 0 Å². The summed E-state index contributed by atoms with van der Waals surface area (Å²) in [5, 5.41) is 1.95. The second-order valence-electron chi connectivity index (χ2n) is 12.3. The van der Waals surface area contributed by atoms with E-state index in [9.17, 15) is 35.2 Å². The van der Waals surface area contributed by atoms with Gasteiger partial charge in [-0.2, -0.15) is 17.5 Å². The predicted molar refractivity (Wildman–Crippen MR) is 188 cm³/mol. The number of carbonyl (C=O) groups is 1. The molecular weight excluding hydrogens is 741 g/mol. The van der Waals surface area contributed by atoms with Gasteiger partial charge in [0.1, 0.15) is 28.8 Å². The summed E-state index contributed by atoms with van der Waals surface area (Å²) in [6.07, 6.45) is -4.20. The minimum Gasteiger partial charge on any atom is -0.497 e. The van der Waals surface area contributed by atoms with E-state index in [1.54, 1.807) is 36.4 Å². The normalized spacial score (nSPS) is 14.7. The molecule has 1 amide bonds. The topological polar surface area (TPSA) is 132 Å². The Kier molecular flexibility index (Phi) is 12.2. The molecule has 54 heavy (non-hydrogen) atoms. The summed E-state index contributed by atoms with van der Waals surface area (Å²) in [5.74, 6) is -2.65. The van der Waals surface area contributed by atoms with Crippen molar-refractivity contribution in [3.05, 3.63) is 89.2 Å². The number of pyridine rings is 2. The van der Waals surface area contributed by atoms with Crippen LogP contribution in [0.1, 0.15) is 46.3 Å². The van der Waals surface area contributed by atoms with Gasteiger partial charge in [0.15, 0.2) is 5.03 Å². The fourth-order valence-electron chi connectivity index (χ4n) is 5.84. The van der Waals surface area contributed by atoms with Crippen molar-refractivity contribution in [3.8, 4) is 23.0 Å². The van der Waals surface area contributed by atoms with Gasteiger partial charge in [-0.05, 0) is 30.7 Å². The van der Waals surface area contributed by atoms with Crippen LogP contribution >= 0.6 is 0 Å². The molecule has 0 unspecified atom stereocenters. The number of benzene rings is 2. The highest BCUT2D eigenvalue weighted by atomic mass is 32.2. The third kappa shape index (κ3) is 9.28. The predicted octanol–water partition coefficient (Wildman–Crippen LogP) is 6.80. The maximum atomic E-state index is 14.4. The van der Waals surface area contributed by atoms with Gasteiger partial charge >= 0.3 is 6.18 Å². The first-order chi connectivity index (χ1) is 25.6. The quantitative estimate of drug-likeness (QED) is 0.145. The molecule has 1 aliphatic heterocycles. The largest absolute Gasteiger partial charge is 0.497 e. The van der Waals surface area contributed by atoms with Crippen molar-refractivity contribution in [2.45, 2.75) is 49.5 Å². The zero-order chi connectivity index (χ0) is 39.3. The van der Waals surface area contributed by atoms with Gasteiger partial charge in [-0.1, -0.05) is 12.1 Å². The summed E-state index contributed by atoms with van der Waals surface area (Å²) in [4.78, 5) is 23.0. The molecule has 12 nitrogen and oxygen atoms in total. The van der Waals surface area contributed by atoms with Crippen LogP contribution in [0.15, 0.2) is 72.0 Å². The van der Waals surface area contributed by atoms with Crippen molar-refractivity contribution in [3.63, 3.8) is 0 Å². The summed E-state index contributed by atoms with van der Waals surface area (Å²) in [7, 11) is 1.27. The van der Waals surface area contributed by atoms with Crippen molar-refractivity contribution in [2.24, 2.45) is 0 Å². The summed E-state index contributed by atoms with van der Waals surface area (Å²) in [6.45, 7) is -0.676. The summed E-state index contributed by atoms with van der Waals surface area (Å²) in [5.41, 5.74) is -0.947. The van der Waals surface area contributed by atoms with Crippen LogP contribution in [0.25, 0.3) is 0 Å². The Morgan fingerprint density at radius 3 is 2.02 bits per heavy atom. The molecule has 5 rings (SSSR count). The highest BCUT2D eigenvalue weighted by Gasteiger charge is 2.36. The van der Waals surface area contributed by atoms with Crippen LogP contribution in [-0.2, 0) is 29.3 Å². The molecule has 0 saturated carbocycles. The number of sulfonamides is 1. The standard InChI is InChI=1S/C36H38F5N5O7S/c1-50-27-8-6-23(30(18-27)52-3)21-46(22-24-7-9-28(51-2)19-31(24)53-4)54(48,49)32-17-26(10-13-42-32)44-34(47)29-16-25(36(39,40)41)20-43-33(29)45-14-5-11-35(37,38)12-15-45/h6-10,13,16-20H,5,11-12,14-15,21-22H2,1-4H3,(H,42,44,47). The molecule has 0 bridgehead atoms. The Morgan fingerprint density at radius 2 is 1.46 bits per heavy atom. The smallest absolute Gasteiger partial charge is 0.417 e. The molecule has 0 atom stereocenters. The minimum atomic E-state index is -4.87. The van der Waals surface area contributed by atoms with Crippen LogP contribution in [0.3, 0.4) is 0 Å². The second kappa shape index (κ2) is 16.4. The van der Waals surface area contributed by atoms with Gasteiger partial charge in [-0.25, -0.2) is 27.2 Å². The molecule has 290 valence electrons. The zero-order valence-electron chi connectivity index (χ0n) is 29.7. The van der Waals surface area contributed by atoms with E-state index in [0.29, 0.717) is 46.4 Å². The van der Waals surface area contributed by atoms with Gasteiger partial charge in [0.05, 0.1) is 39.6 Å². The van der Waals surface area contributed by atoms with E-state index in [1.807, 2.05) is 0 Å². The number of nitrogens with one attached hydrogen (secondary N) is 1. The van der Waals surface area contributed by atoms with E-state index in [2.05, 4.69) is 15.3 Å².